The number of aromatic amines is 1. The molecule has 0 amide bonds. The van der Waals surface area contributed by atoms with E-state index in [4.69, 9.17) is 10.8 Å². The van der Waals surface area contributed by atoms with Crippen LogP contribution >= 0.6 is 0 Å². The molecule has 0 radical (unpaired) electrons. The molecule has 0 aliphatic rings. The molecular weight excluding hydrogens is 186 g/mol. The summed E-state index contributed by atoms with van der Waals surface area (Å²) in [4.78, 5) is 28.4. The zero-order valence-corrected chi connectivity index (χ0v) is 7.65. The van der Waals surface area contributed by atoms with Gasteiger partial charge in [0.05, 0.1) is 12.0 Å². The Morgan fingerprint density at radius 1 is 1.71 bits per heavy atom. The van der Waals surface area contributed by atoms with E-state index in [-0.39, 0.29) is 6.42 Å². The molecule has 1 heterocycles. The van der Waals surface area contributed by atoms with Crippen molar-refractivity contribution in [2.24, 2.45) is 5.73 Å². The number of carbonyl (C=O) groups excluding carboxylic acids is 1. The van der Waals surface area contributed by atoms with Gasteiger partial charge in [0.15, 0.2) is 11.3 Å². The number of ketones is 1. The van der Waals surface area contributed by atoms with E-state index in [0.717, 1.165) is 6.92 Å². The van der Waals surface area contributed by atoms with Crippen molar-refractivity contribution in [3.8, 4) is 0 Å². The van der Waals surface area contributed by atoms with Crippen molar-refractivity contribution in [3.63, 3.8) is 0 Å². The highest BCUT2D eigenvalue weighted by atomic mass is 16.4. The number of carboxylic acids is 1. The average molecular weight is 197 g/mol. The molecule has 1 unspecified atom stereocenters. The number of imidazole rings is 1. The summed E-state index contributed by atoms with van der Waals surface area (Å²) in [6.45, 7) is 1.15. The number of nitrogens with one attached hydrogen (secondary N) is 1. The third-order valence-corrected chi connectivity index (χ3v) is 2.02. The van der Waals surface area contributed by atoms with Crippen LogP contribution in [0.15, 0.2) is 12.5 Å². The van der Waals surface area contributed by atoms with Gasteiger partial charge in [0.2, 0.25) is 0 Å². The molecule has 0 bridgehead atoms. The largest absolute Gasteiger partial charge is 0.480 e. The van der Waals surface area contributed by atoms with E-state index in [1.165, 1.54) is 12.5 Å². The number of aromatic nitrogens is 2. The zero-order chi connectivity index (χ0) is 10.8. The predicted octanol–water partition coefficient (Wildman–Crippen LogP) is -0.677. The second-order valence-electron chi connectivity index (χ2n) is 3.07. The Hall–Kier alpha value is -1.69. The molecule has 1 rings (SSSR count). The molecule has 0 saturated carbocycles. The first-order chi connectivity index (χ1) is 6.47. The summed E-state index contributed by atoms with van der Waals surface area (Å²) in [6, 6.07) is 0. The molecule has 0 saturated heterocycles. The lowest BCUT2D eigenvalue weighted by Crippen LogP contribution is -2.55. The van der Waals surface area contributed by atoms with Gasteiger partial charge in [-0.15, -0.1) is 0 Å². The second kappa shape index (κ2) is 3.59. The van der Waals surface area contributed by atoms with Gasteiger partial charge in [-0.1, -0.05) is 0 Å². The topological polar surface area (TPSA) is 109 Å². The monoisotopic (exact) mass is 197 g/mol. The van der Waals surface area contributed by atoms with Crippen molar-refractivity contribution in [2.75, 3.05) is 0 Å². The van der Waals surface area contributed by atoms with Gasteiger partial charge in [-0.2, -0.15) is 0 Å². The maximum absolute atomic E-state index is 11.1. The van der Waals surface area contributed by atoms with Gasteiger partial charge < -0.3 is 15.8 Å². The Bertz CT molecular complexity index is 331. The number of carbonyl (C=O) groups is 2. The summed E-state index contributed by atoms with van der Waals surface area (Å²) >= 11 is 0. The number of carboxylic acid groups (broad SMARTS) is 1. The van der Waals surface area contributed by atoms with Crippen molar-refractivity contribution >= 4 is 11.8 Å². The Balaban J connectivity index is 2.91. The lowest BCUT2D eigenvalue weighted by molar-refractivity contribution is -0.147. The lowest BCUT2D eigenvalue weighted by Gasteiger charge is -2.19. The van der Waals surface area contributed by atoms with Crippen LogP contribution in [0.2, 0.25) is 0 Å². The van der Waals surface area contributed by atoms with Gasteiger partial charge in [-0.3, -0.25) is 4.79 Å². The summed E-state index contributed by atoms with van der Waals surface area (Å²) in [5.74, 6) is -1.93. The normalized spacial score (nSPS) is 14.7. The molecule has 0 aromatic carbocycles. The van der Waals surface area contributed by atoms with Crippen LogP contribution in [0, 0.1) is 0 Å². The van der Waals surface area contributed by atoms with Gasteiger partial charge in [0.25, 0.3) is 0 Å². The Labute approximate surface area is 80.1 Å². The highest BCUT2D eigenvalue weighted by Crippen LogP contribution is 2.10. The van der Waals surface area contributed by atoms with Crippen molar-refractivity contribution in [1.29, 1.82) is 0 Å². The van der Waals surface area contributed by atoms with E-state index < -0.39 is 17.3 Å². The molecule has 6 heteroatoms. The molecule has 76 valence electrons. The van der Waals surface area contributed by atoms with Crippen LogP contribution in [0.4, 0.5) is 0 Å². The van der Waals surface area contributed by atoms with Gasteiger partial charge in [0.1, 0.15) is 0 Å². The highest BCUT2D eigenvalue weighted by Gasteiger charge is 2.39. The quantitative estimate of drug-likeness (QED) is 0.554. The molecular formula is C8H11N3O3. The standard InChI is InChI=1S/C8H11N3O3/c1-5(12)8(9,7(13)14)2-6-3-10-4-11-6/h3-4H,2,9H2,1H3,(H,10,11)(H,13,14). The maximum atomic E-state index is 11.1. The third-order valence-electron chi connectivity index (χ3n) is 2.02. The van der Waals surface area contributed by atoms with E-state index in [1.807, 2.05) is 0 Å². The van der Waals surface area contributed by atoms with E-state index >= 15 is 0 Å². The number of H-pyrrole nitrogens is 1. The zero-order valence-electron chi connectivity index (χ0n) is 7.65. The van der Waals surface area contributed by atoms with E-state index in [1.54, 1.807) is 0 Å². The first-order valence-corrected chi connectivity index (χ1v) is 3.98. The Morgan fingerprint density at radius 2 is 2.36 bits per heavy atom. The summed E-state index contributed by atoms with van der Waals surface area (Å²) in [5, 5.41) is 8.82. The molecule has 14 heavy (non-hydrogen) atoms. The predicted molar refractivity (Wildman–Crippen MR) is 47.5 cm³/mol. The van der Waals surface area contributed by atoms with Crippen LogP contribution in [0.3, 0.4) is 0 Å². The van der Waals surface area contributed by atoms with Crippen LogP contribution in [-0.2, 0) is 16.0 Å². The van der Waals surface area contributed by atoms with Crippen molar-refractivity contribution in [3.05, 3.63) is 18.2 Å². The number of aliphatic carboxylic acids is 1. The third kappa shape index (κ3) is 1.80. The summed E-state index contributed by atoms with van der Waals surface area (Å²) < 4.78 is 0. The maximum Gasteiger partial charge on any atom is 0.331 e. The minimum Gasteiger partial charge on any atom is -0.480 e. The Kier molecular flexibility index (Phi) is 2.66. The fraction of sp³-hybridized carbons (Fsp3) is 0.375. The molecule has 0 spiro atoms. The molecule has 0 aliphatic carbocycles. The van der Waals surface area contributed by atoms with Crippen LogP contribution in [0.25, 0.3) is 0 Å². The molecule has 4 N–H and O–H groups in total. The highest BCUT2D eigenvalue weighted by molar-refractivity contribution is 6.06. The number of nitrogens with two attached hydrogens (primary N) is 1. The fourth-order valence-electron chi connectivity index (χ4n) is 1.02. The van der Waals surface area contributed by atoms with Crippen LogP contribution in [0.1, 0.15) is 12.6 Å². The smallest absolute Gasteiger partial charge is 0.331 e. The minimum absolute atomic E-state index is 0.110. The number of Topliss-reactive ketones (excluding diaryl/α,β-unsaturated/α-hetero) is 1. The average Bonchev–Trinajstić information content (AvgIpc) is 2.55. The van der Waals surface area contributed by atoms with Crippen molar-refractivity contribution in [1.82, 2.24) is 9.97 Å². The fourth-order valence-corrected chi connectivity index (χ4v) is 1.02. The second-order valence-corrected chi connectivity index (χ2v) is 3.07. The number of hydrogen-bond acceptors (Lipinski definition) is 4. The Morgan fingerprint density at radius 3 is 2.71 bits per heavy atom. The van der Waals surface area contributed by atoms with Gasteiger partial charge in [-0.05, 0) is 6.92 Å². The molecule has 1 aromatic rings. The van der Waals surface area contributed by atoms with E-state index in [9.17, 15) is 9.59 Å². The molecule has 1 aromatic heterocycles. The lowest BCUT2D eigenvalue weighted by atomic mass is 9.91. The van der Waals surface area contributed by atoms with Crippen LogP contribution < -0.4 is 5.73 Å². The SMILES string of the molecule is CC(=O)C(N)(Cc1c[nH]cn1)C(=O)O. The first kappa shape index (κ1) is 10.4. The number of rotatable bonds is 4. The number of nitrogens with zero attached hydrogens (tertiary/aromatic N) is 1. The van der Waals surface area contributed by atoms with Gasteiger partial charge in [-0.25, -0.2) is 9.78 Å². The minimum atomic E-state index is -1.88. The van der Waals surface area contributed by atoms with Crippen LogP contribution in [0.5, 0.6) is 0 Å². The molecule has 6 nitrogen and oxygen atoms in total. The summed E-state index contributed by atoms with van der Waals surface area (Å²) in [7, 11) is 0. The molecule has 0 aliphatic heterocycles. The number of hydrogen-bond donors (Lipinski definition) is 3. The molecule has 0 fully saturated rings. The van der Waals surface area contributed by atoms with E-state index in [2.05, 4.69) is 9.97 Å². The van der Waals surface area contributed by atoms with Gasteiger partial charge >= 0.3 is 5.97 Å². The molecule has 1 atom stereocenters. The first-order valence-electron chi connectivity index (χ1n) is 3.98. The van der Waals surface area contributed by atoms with Gasteiger partial charge in [0, 0.05) is 12.6 Å². The van der Waals surface area contributed by atoms with Crippen molar-refractivity contribution < 1.29 is 14.7 Å². The summed E-state index contributed by atoms with van der Waals surface area (Å²) in [6.07, 6.45) is 2.80. The van der Waals surface area contributed by atoms with Crippen LogP contribution in [-0.4, -0.2) is 32.4 Å². The van der Waals surface area contributed by atoms with E-state index in [0.29, 0.717) is 5.69 Å². The van der Waals surface area contributed by atoms with Crippen molar-refractivity contribution in [2.45, 2.75) is 18.9 Å². The summed E-state index contributed by atoms with van der Waals surface area (Å²) in [5.41, 5.74) is 4.04.